The number of rotatable bonds is 5. The molecule has 1 aromatic heterocycles. The summed E-state index contributed by atoms with van der Waals surface area (Å²) < 4.78 is 6.97. The molecule has 0 radical (unpaired) electrons. The normalized spacial score (nSPS) is 14.7. The number of aromatic carboxylic acids is 1. The van der Waals surface area contributed by atoms with Gasteiger partial charge in [0.15, 0.2) is 5.69 Å². The van der Waals surface area contributed by atoms with E-state index in [1.165, 1.54) is 4.57 Å². The van der Waals surface area contributed by atoms with Crippen molar-refractivity contribution in [2.75, 3.05) is 0 Å². The van der Waals surface area contributed by atoms with Gasteiger partial charge in [-0.3, -0.25) is 9.36 Å². The van der Waals surface area contributed by atoms with Gasteiger partial charge in [0.25, 0.3) is 5.56 Å². The van der Waals surface area contributed by atoms with Gasteiger partial charge < -0.3 is 9.84 Å². The van der Waals surface area contributed by atoms with E-state index in [0.717, 1.165) is 31.2 Å². The van der Waals surface area contributed by atoms with Crippen LogP contribution in [0.5, 0.6) is 5.75 Å². The molecule has 0 unspecified atom stereocenters. The summed E-state index contributed by atoms with van der Waals surface area (Å²) in [5.41, 5.74) is 0.118. The molecule has 0 spiro atoms. The van der Waals surface area contributed by atoms with Gasteiger partial charge in [0, 0.05) is 13.0 Å². The number of aromatic nitrogens is 2. The van der Waals surface area contributed by atoms with E-state index < -0.39 is 11.5 Å². The molecule has 1 aliphatic carbocycles. The Morgan fingerprint density at radius 2 is 1.96 bits per heavy atom. The van der Waals surface area contributed by atoms with Crippen molar-refractivity contribution in [3.8, 4) is 5.75 Å². The van der Waals surface area contributed by atoms with Crippen LogP contribution >= 0.6 is 0 Å². The minimum Gasteiger partial charge on any atom is -0.481 e. The number of carbonyl (C=O) groups is 1. The quantitative estimate of drug-likeness (QED) is 0.912. The third kappa shape index (κ3) is 3.18. The van der Waals surface area contributed by atoms with Gasteiger partial charge >= 0.3 is 5.97 Å². The molecule has 0 saturated heterocycles. The highest BCUT2D eigenvalue weighted by Gasteiger charge is 2.27. The minimum absolute atomic E-state index is 0.126. The van der Waals surface area contributed by atoms with Gasteiger partial charge in [0.2, 0.25) is 5.75 Å². The van der Waals surface area contributed by atoms with E-state index in [4.69, 9.17) is 4.74 Å². The molecule has 1 saturated carbocycles. The number of carboxylic acids is 1. The van der Waals surface area contributed by atoms with E-state index in [0.29, 0.717) is 5.82 Å². The van der Waals surface area contributed by atoms with E-state index in [1.807, 2.05) is 30.3 Å². The second kappa shape index (κ2) is 6.86. The molecule has 24 heavy (non-hydrogen) atoms. The number of benzene rings is 1. The zero-order chi connectivity index (χ0) is 17.1. The molecule has 126 valence electrons. The van der Waals surface area contributed by atoms with Crippen molar-refractivity contribution in [1.29, 1.82) is 0 Å². The first kappa shape index (κ1) is 16.2. The lowest BCUT2D eigenvalue weighted by Gasteiger charge is -2.16. The van der Waals surface area contributed by atoms with E-state index in [9.17, 15) is 14.7 Å². The molecule has 2 aromatic rings. The highest BCUT2D eigenvalue weighted by atomic mass is 16.5. The van der Waals surface area contributed by atoms with E-state index in [1.54, 1.807) is 7.05 Å². The summed E-state index contributed by atoms with van der Waals surface area (Å²) in [6.45, 7) is 0.126. The van der Waals surface area contributed by atoms with Gasteiger partial charge in [-0.1, -0.05) is 43.2 Å². The van der Waals surface area contributed by atoms with Crippen LogP contribution in [0.4, 0.5) is 0 Å². The molecule has 0 aliphatic heterocycles. The predicted octanol–water partition coefficient (Wildman–Crippen LogP) is 2.72. The fourth-order valence-corrected chi connectivity index (χ4v) is 3.15. The molecular formula is C18H20N2O4. The highest BCUT2D eigenvalue weighted by molar-refractivity contribution is 5.88. The molecule has 0 bridgehead atoms. The number of nitrogens with zero attached hydrogens (tertiary/aromatic N) is 2. The molecule has 0 amide bonds. The summed E-state index contributed by atoms with van der Waals surface area (Å²) in [4.78, 5) is 28.5. The van der Waals surface area contributed by atoms with Crippen molar-refractivity contribution in [3.05, 3.63) is 57.8 Å². The summed E-state index contributed by atoms with van der Waals surface area (Å²) in [6.07, 6.45) is 4.03. The van der Waals surface area contributed by atoms with Gasteiger partial charge in [0.1, 0.15) is 12.4 Å². The van der Waals surface area contributed by atoms with Crippen LogP contribution in [-0.4, -0.2) is 20.6 Å². The van der Waals surface area contributed by atoms with Gasteiger partial charge in [0.05, 0.1) is 0 Å². The third-order valence-electron chi connectivity index (χ3n) is 4.43. The Bertz CT molecular complexity index is 793. The van der Waals surface area contributed by atoms with Crippen molar-refractivity contribution >= 4 is 5.97 Å². The molecule has 1 heterocycles. The largest absolute Gasteiger partial charge is 0.481 e. The van der Waals surface area contributed by atoms with Crippen molar-refractivity contribution in [3.63, 3.8) is 0 Å². The summed E-state index contributed by atoms with van der Waals surface area (Å²) in [5.74, 6) is -0.753. The van der Waals surface area contributed by atoms with Crippen LogP contribution in [0.1, 0.15) is 53.5 Å². The Labute approximate surface area is 139 Å². The number of ether oxygens (including phenoxy) is 1. The fourth-order valence-electron chi connectivity index (χ4n) is 3.15. The standard InChI is InChI=1S/C18H20N2O4/c1-20-16(13-9-5-6-10-13)19-14(18(22)23)15(17(20)21)24-11-12-7-3-2-4-8-12/h2-4,7-8,13H,5-6,9-11H2,1H3,(H,22,23). The molecule has 6 heteroatoms. The SMILES string of the molecule is Cn1c(C2CCCC2)nc(C(=O)O)c(OCc2ccccc2)c1=O. The Hall–Kier alpha value is -2.63. The van der Waals surface area contributed by atoms with Crippen LogP contribution < -0.4 is 10.3 Å². The van der Waals surface area contributed by atoms with E-state index in [2.05, 4.69) is 4.98 Å². The Morgan fingerprint density at radius 1 is 1.29 bits per heavy atom. The summed E-state index contributed by atoms with van der Waals surface area (Å²) in [5, 5.41) is 9.45. The average molecular weight is 328 g/mol. The molecule has 1 fully saturated rings. The maximum Gasteiger partial charge on any atom is 0.358 e. The topological polar surface area (TPSA) is 81.4 Å². The molecule has 6 nitrogen and oxygen atoms in total. The van der Waals surface area contributed by atoms with Crippen LogP contribution in [0.25, 0.3) is 0 Å². The van der Waals surface area contributed by atoms with Gasteiger partial charge in [-0.15, -0.1) is 0 Å². The molecule has 1 N–H and O–H groups in total. The smallest absolute Gasteiger partial charge is 0.358 e. The van der Waals surface area contributed by atoms with E-state index in [-0.39, 0.29) is 24.0 Å². The van der Waals surface area contributed by atoms with Crippen LogP contribution in [0.2, 0.25) is 0 Å². The third-order valence-corrected chi connectivity index (χ3v) is 4.43. The van der Waals surface area contributed by atoms with Crippen molar-refractivity contribution in [2.24, 2.45) is 7.05 Å². The van der Waals surface area contributed by atoms with Crippen LogP contribution in [0.15, 0.2) is 35.1 Å². The predicted molar refractivity (Wildman–Crippen MR) is 88.4 cm³/mol. The van der Waals surface area contributed by atoms with Crippen LogP contribution in [0, 0.1) is 0 Å². The maximum absolute atomic E-state index is 12.6. The lowest BCUT2D eigenvalue weighted by atomic mass is 10.1. The average Bonchev–Trinajstić information content (AvgIpc) is 3.11. The van der Waals surface area contributed by atoms with Crippen LogP contribution in [0.3, 0.4) is 0 Å². The Balaban J connectivity index is 1.97. The van der Waals surface area contributed by atoms with Crippen molar-refractivity contribution in [1.82, 2.24) is 9.55 Å². The molecule has 3 rings (SSSR count). The Morgan fingerprint density at radius 3 is 2.58 bits per heavy atom. The van der Waals surface area contributed by atoms with E-state index >= 15 is 0 Å². The zero-order valence-corrected chi connectivity index (χ0v) is 13.6. The van der Waals surface area contributed by atoms with Crippen molar-refractivity contribution < 1.29 is 14.6 Å². The second-order valence-corrected chi connectivity index (χ2v) is 6.07. The number of hydrogen-bond acceptors (Lipinski definition) is 4. The zero-order valence-electron chi connectivity index (χ0n) is 13.6. The van der Waals surface area contributed by atoms with Gasteiger partial charge in [-0.2, -0.15) is 0 Å². The first-order valence-electron chi connectivity index (χ1n) is 8.09. The van der Waals surface area contributed by atoms with Crippen LogP contribution in [-0.2, 0) is 13.7 Å². The first-order valence-corrected chi connectivity index (χ1v) is 8.09. The van der Waals surface area contributed by atoms with Crippen molar-refractivity contribution in [2.45, 2.75) is 38.2 Å². The van der Waals surface area contributed by atoms with Gasteiger partial charge in [-0.05, 0) is 18.4 Å². The maximum atomic E-state index is 12.6. The summed E-state index contributed by atoms with van der Waals surface area (Å²) in [6, 6.07) is 9.30. The molecule has 0 atom stereocenters. The number of hydrogen-bond donors (Lipinski definition) is 1. The first-order chi connectivity index (χ1) is 11.6. The molecule has 1 aromatic carbocycles. The molecular weight excluding hydrogens is 308 g/mol. The summed E-state index contributed by atoms with van der Waals surface area (Å²) in [7, 11) is 1.63. The lowest BCUT2D eigenvalue weighted by molar-refractivity contribution is 0.0683. The highest BCUT2D eigenvalue weighted by Crippen LogP contribution is 2.33. The monoisotopic (exact) mass is 328 g/mol. The second-order valence-electron chi connectivity index (χ2n) is 6.07. The van der Waals surface area contributed by atoms with Gasteiger partial charge in [-0.25, -0.2) is 9.78 Å². The lowest BCUT2D eigenvalue weighted by Crippen LogP contribution is -2.28. The fraction of sp³-hybridized carbons (Fsp3) is 0.389. The minimum atomic E-state index is -1.24. The Kier molecular flexibility index (Phi) is 4.64. The summed E-state index contributed by atoms with van der Waals surface area (Å²) >= 11 is 0. The molecule has 1 aliphatic rings. The number of carboxylic acid groups (broad SMARTS) is 1.